The summed E-state index contributed by atoms with van der Waals surface area (Å²) in [6.07, 6.45) is 2.32. The van der Waals surface area contributed by atoms with Gasteiger partial charge in [-0.1, -0.05) is 18.2 Å². The lowest BCUT2D eigenvalue weighted by atomic mass is 10.1. The van der Waals surface area contributed by atoms with Crippen LogP contribution in [0.3, 0.4) is 0 Å². The molecule has 0 heterocycles. The maximum atomic E-state index is 12.2. The summed E-state index contributed by atoms with van der Waals surface area (Å²) in [4.78, 5) is 23.1. The molecule has 0 saturated carbocycles. The molecule has 0 aliphatic rings. The number of anilines is 1. The largest absolute Gasteiger partial charge is 0.495 e. The van der Waals surface area contributed by atoms with Gasteiger partial charge in [0.2, 0.25) is 10.0 Å². The first-order valence-corrected chi connectivity index (χ1v) is 10.2. The quantitative estimate of drug-likeness (QED) is 0.495. The van der Waals surface area contributed by atoms with Crippen LogP contribution >= 0.6 is 0 Å². The van der Waals surface area contributed by atoms with Gasteiger partial charge in [-0.3, -0.25) is 9.10 Å². The zero-order valence-electron chi connectivity index (χ0n) is 16.1. The molecule has 2 aromatic carbocycles. The van der Waals surface area contributed by atoms with Crippen LogP contribution in [-0.2, 0) is 14.8 Å². The number of amides is 1. The van der Waals surface area contributed by atoms with Crippen LogP contribution in [0, 0.1) is 6.92 Å². The van der Waals surface area contributed by atoms with E-state index in [2.05, 4.69) is 10.5 Å². The Morgan fingerprint density at radius 1 is 1.21 bits per heavy atom. The fourth-order valence-corrected chi connectivity index (χ4v) is 3.28. The van der Waals surface area contributed by atoms with Crippen molar-refractivity contribution in [2.75, 3.05) is 24.2 Å². The Labute approximate surface area is 168 Å². The molecule has 0 radical (unpaired) electrons. The first-order chi connectivity index (χ1) is 13.6. The number of benzene rings is 2. The van der Waals surface area contributed by atoms with Gasteiger partial charge in [0, 0.05) is 0 Å². The number of carbonyl (C=O) groups is 2. The third-order valence-electron chi connectivity index (χ3n) is 3.85. The van der Waals surface area contributed by atoms with Gasteiger partial charge in [-0.25, -0.2) is 18.6 Å². The lowest BCUT2D eigenvalue weighted by Gasteiger charge is -2.23. The third-order valence-corrected chi connectivity index (χ3v) is 4.98. The van der Waals surface area contributed by atoms with Crippen LogP contribution in [0.15, 0.2) is 47.6 Å². The number of methoxy groups -OCH3 is 1. The molecule has 0 atom stereocenters. The Balaban J connectivity index is 2.13. The van der Waals surface area contributed by atoms with E-state index in [0.717, 1.165) is 16.1 Å². The SMILES string of the molecule is COc1ccc(C)cc1N(CC(=O)N/N=C\c1ccc(C(=O)O)cc1)S(C)(=O)=O. The second-order valence-electron chi connectivity index (χ2n) is 6.17. The van der Waals surface area contributed by atoms with Crippen molar-refractivity contribution in [1.29, 1.82) is 0 Å². The Bertz CT molecular complexity index is 1030. The van der Waals surface area contributed by atoms with Gasteiger partial charge in [-0.2, -0.15) is 5.10 Å². The molecule has 0 saturated heterocycles. The first-order valence-electron chi connectivity index (χ1n) is 8.39. The lowest BCUT2D eigenvalue weighted by molar-refractivity contribution is -0.119. The van der Waals surface area contributed by atoms with Crippen molar-refractivity contribution in [3.63, 3.8) is 0 Å². The van der Waals surface area contributed by atoms with Crippen molar-refractivity contribution in [2.24, 2.45) is 5.10 Å². The van der Waals surface area contributed by atoms with E-state index < -0.39 is 28.4 Å². The zero-order chi connectivity index (χ0) is 21.6. The molecule has 9 nitrogen and oxygen atoms in total. The van der Waals surface area contributed by atoms with Crippen molar-refractivity contribution < 1.29 is 27.9 Å². The molecule has 2 N–H and O–H groups in total. The van der Waals surface area contributed by atoms with Gasteiger partial charge in [0.1, 0.15) is 12.3 Å². The summed E-state index contributed by atoms with van der Waals surface area (Å²) >= 11 is 0. The van der Waals surface area contributed by atoms with Crippen molar-refractivity contribution >= 4 is 33.8 Å². The second kappa shape index (κ2) is 9.20. The number of ether oxygens (including phenoxy) is 1. The van der Waals surface area contributed by atoms with Gasteiger partial charge in [0.05, 0.1) is 30.8 Å². The van der Waals surface area contributed by atoms with Crippen LogP contribution in [0.2, 0.25) is 0 Å². The van der Waals surface area contributed by atoms with Gasteiger partial charge in [-0.15, -0.1) is 0 Å². The van der Waals surface area contributed by atoms with Crippen LogP contribution in [0.5, 0.6) is 5.75 Å². The number of rotatable bonds is 8. The van der Waals surface area contributed by atoms with E-state index in [-0.39, 0.29) is 11.3 Å². The van der Waals surface area contributed by atoms with Crippen LogP contribution < -0.4 is 14.5 Å². The molecule has 0 aliphatic heterocycles. The average Bonchev–Trinajstić information content (AvgIpc) is 2.65. The number of carbonyl (C=O) groups excluding carboxylic acids is 1. The van der Waals surface area contributed by atoms with Crippen molar-refractivity contribution in [2.45, 2.75) is 6.92 Å². The number of hydrogen-bond donors (Lipinski definition) is 2. The zero-order valence-corrected chi connectivity index (χ0v) is 16.9. The molecular weight excluding hydrogens is 398 g/mol. The predicted octanol–water partition coefficient (Wildman–Crippen LogP) is 1.62. The lowest BCUT2D eigenvalue weighted by Crippen LogP contribution is -2.39. The summed E-state index contributed by atoms with van der Waals surface area (Å²) in [5, 5.41) is 12.6. The molecule has 154 valence electrons. The summed E-state index contributed by atoms with van der Waals surface area (Å²) in [7, 11) is -2.36. The normalized spacial score (nSPS) is 11.3. The van der Waals surface area contributed by atoms with Gasteiger partial charge >= 0.3 is 5.97 Å². The molecule has 0 aliphatic carbocycles. The topological polar surface area (TPSA) is 125 Å². The fourth-order valence-electron chi connectivity index (χ4n) is 2.43. The van der Waals surface area contributed by atoms with Crippen LogP contribution in [0.25, 0.3) is 0 Å². The van der Waals surface area contributed by atoms with Gasteiger partial charge in [0.25, 0.3) is 5.91 Å². The Kier molecular flexibility index (Phi) is 6.94. The Hall–Kier alpha value is -3.40. The predicted molar refractivity (Wildman–Crippen MR) is 109 cm³/mol. The molecule has 0 unspecified atom stereocenters. The summed E-state index contributed by atoms with van der Waals surface area (Å²) in [5.74, 6) is -1.39. The minimum Gasteiger partial charge on any atom is -0.495 e. The van der Waals surface area contributed by atoms with Gasteiger partial charge in [0.15, 0.2) is 0 Å². The van der Waals surface area contributed by atoms with E-state index in [1.807, 2.05) is 0 Å². The molecule has 1 amide bonds. The number of hydrazone groups is 1. The Morgan fingerprint density at radius 2 is 1.86 bits per heavy atom. The van der Waals surface area contributed by atoms with E-state index in [9.17, 15) is 18.0 Å². The number of aryl methyl sites for hydroxylation is 1. The molecule has 2 rings (SSSR count). The molecule has 0 fully saturated rings. The van der Waals surface area contributed by atoms with Crippen LogP contribution in [0.1, 0.15) is 21.5 Å². The minimum atomic E-state index is -3.77. The van der Waals surface area contributed by atoms with E-state index >= 15 is 0 Å². The van der Waals surface area contributed by atoms with Gasteiger partial charge in [-0.05, 0) is 42.3 Å². The van der Waals surface area contributed by atoms with E-state index in [1.165, 1.54) is 37.6 Å². The third kappa shape index (κ3) is 6.04. The van der Waals surface area contributed by atoms with Crippen molar-refractivity contribution in [1.82, 2.24) is 5.43 Å². The molecule has 10 heteroatoms. The van der Waals surface area contributed by atoms with E-state index in [0.29, 0.717) is 11.3 Å². The van der Waals surface area contributed by atoms with E-state index in [4.69, 9.17) is 9.84 Å². The van der Waals surface area contributed by atoms with Gasteiger partial charge < -0.3 is 9.84 Å². The molecule has 29 heavy (non-hydrogen) atoms. The summed E-state index contributed by atoms with van der Waals surface area (Å²) < 4.78 is 30.6. The van der Waals surface area contributed by atoms with Crippen molar-refractivity contribution in [3.05, 3.63) is 59.2 Å². The molecule has 0 spiro atoms. The highest BCUT2D eigenvalue weighted by atomic mass is 32.2. The Morgan fingerprint density at radius 3 is 2.41 bits per heavy atom. The molecule has 0 bridgehead atoms. The standard InChI is InChI=1S/C19H21N3O6S/c1-13-4-9-17(28-2)16(10-13)22(29(3,26)27)12-18(23)21-20-11-14-5-7-15(8-6-14)19(24)25/h4-11H,12H2,1-3H3,(H,21,23)(H,24,25)/b20-11-. The first kappa shape index (κ1) is 21.9. The number of nitrogens with one attached hydrogen (secondary N) is 1. The average molecular weight is 419 g/mol. The number of nitrogens with zero attached hydrogens (tertiary/aromatic N) is 2. The monoisotopic (exact) mass is 419 g/mol. The van der Waals surface area contributed by atoms with Crippen molar-refractivity contribution in [3.8, 4) is 5.75 Å². The maximum absolute atomic E-state index is 12.2. The van der Waals surface area contributed by atoms with E-state index in [1.54, 1.807) is 25.1 Å². The number of hydrogen-bond acceptors (Lipinski definition) is 6. The highest BCUT2D eigenvalue weighted by Crippen LogP contribution is 2.30. The summed E-state index contributed by atoms with van der Waals surface area (Å²) in [6, 6.07) is 10.9. The second-order valence-corrected chi connectivity index (χ2v) is 8.07. The van der Waals surface area contributed by atoms with Crippen LogP contribution in [-0.4, -0.2) is 51.5 Å². The minimum absolute atomic E-state index is 0.127. The molecule has 2 aromatic rings. The summed E-state index contributed by atoms with van der Waals surface area (Å²) in [5.41, 5.74) is 4.00. The number of aromatic carboxylic acids is 1. The summed E-state index contributed by atoms with van der Waals surface area (Å²) in [6.45, 7) is 1.30. The highest BCUT2D eigenvalue weighted by Gasteiger charge is 2.24. The molecule has 0 aromatic heterocycles. The number of carboxylic acids is 1. The van der Waals surface area contributed by atoms with Crippen LogP contribution in [0.4, 0.5) is 5.69 Å². The number of carboxylic acid groups (broad SMARTS) is 1. The fraction of sp³-hybridized carbons (Fsp3) is 0.211. The number of sulfonamides is 1. The molecular formula is C19H21N3O6S. The smallest absolute Gasteiger partial charge is 0.335 e. The highest BCUT2D eigenvalue weighted by molar-refractivity contribution is 7.92. The maximum Gasteiger partial charge on any atom is 0.335 e.